The molecule has 5 heteroatoms. The van der Waals surface area contributed by atoms with Crippen LogP contribution >= 0.6 is 0 Å². The molecule has 0 bridgehead atoms. The summed E-state index contributed by atoms with van der Waals surface area (Å²) in [6.45, 7) is 4.02. The van der Waals surface area contributed by atoms with Crippen molar-refractivity contribution in [2.75, 3.05) is 12.3 Å². The Morgan fingerprint density at radius 2 is 2.11 bits per heavy atom. The van der Waals surface area contributed by atoms with E-state index < -0.39 is 11.8 Å². The molecule has 1 aliphatic rings. The Morgan fingerprint density at radius 1 is 1.47 bits per heavy atom. The number of nitrogens with two attached hydrogens (primary N) is 1. The van der Waals surface area contributed by atoms with Gasteiger partial charge in [-0.25, -0.2) is 4.79 Å². The molecule has 1 amide bonds. The molecular formula is C14H20N2O3. The van der Waals surface area contributed by atoms with Gasteiger partial charge >= 0.3 is 6.09 Å². The number of hydrogen-bond acceptors (Lipinski definition) is 3. The molecule has 0 saturated carbocycles. The van der Waals surface area contributed by atoms with Crippen molar-refractivity contribution in [1.82, 2.24) is 4.90 Å². The topological polar surface area (TPSA) is 75.8 Å². The number of ether oxygens (including phenoxy) is 1. The van der Waals surface area contributed by atoms with Crippen molar-refractivity contribution in [2.45, 2.75) is 38.5 Å². The lowest BCUT2D eigenvalue weighted by molar-refractivity contribution is -0.0421. The van der Waals surface area contributed by atoms with E-state index in [4.69, 9.17) is 10.5 Å². The molecular weight excluding hydrogens is 244 g/mol. The quantitative estimate of drug-likeness (QED) is 0.821. The number of carbonyl (C=O) groups is 1. The predicted octanol–water partition coefficient (Wildman–Crippen LogP) is 2.32. The van der Waals surface area contributed by atoms with Crippen LogP contribution in [-0.4, -0.2) is 34.5 Å². The van der Waals surface area contributed by atoms with Crippen molar-refractivity contribution in [2.24, 2.45) is 0 Å². The maximum absolute atomic E-state index is 11.3. The Balaban J connectivity index is 1.99. The third kappa shape index (κ3) is 2.98. The molecule has 19 heavy (non-hydrogen) atoms. The predicted molar refractivity (Wildman–Crippen MR) is 72.9 cm³/mol. The third-order valence-electron chi connectivity index (χ3n) is 3.53. The van der Waals surface area contributed by atoms with Crippen LogP contribution in [0.2, 0.25) is 0 Å². The lowest BCUT2D eigenvalue weighted by Gasteiger charge is -2.30. The van der Waals surface area contributed by atoms with E-state index in [0.29, 0.717) is 6.61 Å². The summed E-state index contributed by atoms with van der Waals surface area (Å²) in [4.78, 5) is 12.7. The molecule has 0 radical (unpaired) electrons. The van der Waals surface area contributed by atoms with Crippen molar-refractivity contribution in [3.63, 3.8) is 0 Å². The standard InChI is InChI=1S/C14H20N2O3/c1-14(2)16(13(17)18)12(9-19-14)8-5-10-3-6-11(15)7-4-10/h3-4,6-7,12H,5,8-9,15H2,1-2H3,(H,17,18). The van der Waals surface area contributed by atoms with Crippen LogP contribution < -0.4 is 5.73 Å². The Hall–Kier alpha value is -1.75. The van der Waals surface area contributed by atoms with Gasteiger partial charge in [0.1, 0.15) is 5.72 Å². The second-order valence-corrected chi connectivity index (χ2v) is 5.34. The van der Waals surface area contributed by atoms with Gasteiger partial charge in [-0.1, -0.05) is 12.1 Å². The van der Waals surface area contributed by atoms with Crippen molar-refractivity contribution in [3.05, 3.63) is 29.8 Å². The van der Waals surface area contributed by atoms with Gasteiger partial charge in [-0.05, 0) is 44.4 Å². The van der Waals surface area contributed by atoms with E-state index in [-0.39, 0.29) is 6.04 Å². The summed E-state index contributed by atoms with van der Waals surface area (Å²) in [5, 5.41) is 9.28. The van der Waals surface area contributed by atoms with Crippen LogP contribution in [0.15, 0.2) is 24.3 Å². The third-order valence-corrected chi connectivity index (χ3v) is 3.53. The minimum Gasteiger partial charge on any atom is -0.465 e. The number of nitrogen functional groups attached to an aromatic ring is 1. The molecule has 1 fully saturated rings. The first-order valence-electron chi connectivity index (χ1n) is 6.41. The largest absolute Gasteiger partial charge is 0.465 e. The van der Waals surface area contributed by atoms with Gasteiger partial charge in [0, 0.05) is 5.69 Å². The second-order valence-electron chi connectivity index (χ2n) is 5.34. The zero-order valence-electron chi connectivity index (χ0n) is 11.3. The van der Waals surface area contributed by atoms with Crippen LogP contribution in [0, 0.1) is 0 Å². The van der Waals surface area contributed by atoms with Crippen LogP contribution in [0.4, 0.5) is 10.5 Å². The van der Waals surface area contributed by atoms with Gasteiger partial charge in [-0.15, -0.1) is 0 Å². The molecule has 1 atom stereocenters. The SMILES string of the molecule is CC1(C)OCC(CCc2ccc(N)cc2)N1C(=O)O. The van der Waals surface area contributed by atoms with Crippen LogP contribution in [0.25, 0.3) is 0 Å². The Morgan fingerprint density at radius 3 is 2.68 bits per heavy atom. The number of aryl methyl sites for hydroxylation is 1. The van der Waals surface area contributed by atoms with Crippen LogP contribution in [0.1, 0.15) is 25.8 Å². The smallest absolute Gasteiger partial charge is 0.409 e. The number of anilines is 1. The molecule has 1 aromatic rings. The lowest BCUT2D eigenvalue weighted by Crippen LogP contribution is -2.47. The maximum atomic E-state index is 11.3. The number of rotatable bonds is 3. The summed E-state index contributed by atoms with van der Waals surface area (Å²) < 4.78 is 5.56. The van der Waals surface area contributed by atoms with E-state index in [1.165, 1.54) is 4.90 Å². The van der Waals surface area contributed by atoms with Crippen molar-refractivity contribution < 1.29 is 14.6 Å². The highest BCUT2D eigenvalue weighted by Gasteiger charge is 2.43. The number of benzene rings is 1. The van der Waals surface area contributed by atoms with Gasteiger partial charge in [0.05, 0.1) is 12.6 Å². The molecule has 0 aliphatic carbocycles. The lowest BCUT2D eigenvalue weighted by atomic mass is 10.0. The number of carboxylic acid groups (broad SMARTS) is 1. The van der Waals surface area contributed by atoms with Crippen molar-refractivity contribution >= 4 is 11.8 Å². The Kier molecular flexibility index (Phi) is 3.66. The van der Waals surface area contributed by atoms with E-state index in [0.717, 1.165) is 24.1 Å². The molecule has 1 aliphatic heterocycles. The summed E-state index contributed by atoms with van der Waals surface area (Å²) in [6.07, 6.45) is 0.637. The van der Waals surface area contributed by atoms with Crippen LogP contribution in [-0.2, 0) is 11.2 Å². The van der Waals surface area contributed by atoms with E-state index in [9.17, 15) is 9.90 Å². The molecule has 1 heterocycles. The van der Waals surface area contributed by atoms with Crippen molar-refractivity contribution in [1.29, 1.82) is 0 Å². The molecule has 2 rings (SSSR count). The molecule has 1 aromatic carbocycles. The highest BCUT2D eigenvalue weighted by atomic mass is 16.5. The van der Waals surface area contributed by atoms with E-state index in [2.05, 4.69) is 0 Å². The molecule has 5 nitrogen and oxygen atoms in total. The number of hydrogen-bond donors (Lipinski definition) is 2. The monoisotopic (exact) mass is 264 g/mol. The van der Waals surface area contributed by atoms with E-state index in [1.807, 2.05) is 24.3 Å². The molecule has 104 valence electrons. The summed E-state index contributed by atoms with van der Waals surface area (Å²) in [7, 11) is 0. The number of amides is 1. The highest BCUT2D eigenvalue weighted by molar-refractivity contribution is 5.66. The molecule has 1 saturated heterocycles. The summed E-state index contributed by atoms with van der Waals surface area (Å²) in [5.41, 5.74) is 6.79. The first-order chi connectivity index (χ1) is 8.90. The molecule has 0 spiro atoms. The fraction of sp³-hybridized carbons (Fsp3) is 0.500. The van der Waals surface area contributed by atoms with Gasteiger partial charge < -0.3 is 15.6 Å². The van der Waals surface area contributed by atoms with E-state index in [1.54, 1.807) is 13.8 Å². The summed E-state index contributed by atoms with van der Waals surface area (Å²) in [6, 6.07) is 7.58. The highest BCUT2D eigenvalue weighted by Crippen LogP contribution is 2.29. The molecule has 3 N–H and O–H groups in total. The Labute approximate surface area is 113 Å². The van der Waals surface area contributed by atoms with Crippen molar-refractivity contribution in [3.8, 4) is 0 Å². The van der Waals surface area contributed by atoms with Gasteiger partial charge in [0.15, 0.2) is 0 Å². The Bertz CT molecular complexity index is 456. The van der Waals surface area contributed by atoms with Gasteiger partial charge in [0.2, 0.25) is 0 Å². The van der Waals surface area contributed by atoms with E-state index >= 15 is 0 Å². The molecule has 0 aromatic heterocycles. The van der Waals surface area contributed by atoms with Crippen LogP contribution in [0.5, 0.6) is 0 Å². The zero-order valence-corrected chi connectivity index (χ0v) is 11.3. The fourth-order valence-electron chi connectivity index (χ4n) is 2.50. The first-order valence-corrected chi connectivity index (χ1v) is 6.41. The average Bonchev–Trinajstić information content (AvgIpc) is 2.64. The zero-order chi connectivity index (χ0) is 14.0. The van der Waals surface area contributed by atoms with Gasteiger partial charge in [0.25, 0.3) is 0 Å². The molecule has 1 unspecified atom stereocenters. The maximum Gasteiger partial charge on any atom is 0.409 e. The summed E-state index contributed by atoms with van der Waals surface area (Å²) >= 11 is 0. The van der Waals surface area contributed by atoms with Crippen LogP contribution in [0.3, 0.4) is 0 Å². The normalized spacial score (nSPS) is 21.6. The summed E-state index contributed by atoms with van der Waals surface area (Å²) in [5.74, 6) is 0. The minimum absolute atomic E-state index is 0.0925. The van der Waals surface area contributed by atoms with Gasteiger partial charge in [-0.3, -0.25) is 4.90 Å². The fourth-order valence-corrected chi connectivity index (χ4v) is 2.50. The first kappa shape index (κ1) is 13.7. The average molecular weight is 264 g/mol. The minimum atomic E-state index is -0.926. The number of nitrogens with zero attached hydrogens (tertiary/aromatic N) is 1. The van der Waals surface area contributed by atoms with Gasteiger partial charge in [-0.2, -0.15) is 0 Å². The second kappa shape index (κ2) is 5.09.